The van der Waals surface area contributed by atoms with Crippen molar-refractivity contribution in [3.8, 4) is 0 Å². The van der Waals surface area contributed by atoms with Gasteiger partial charge >= 0.3 is 0 Å². The standard InChI is InChI=1S/C13H11N/c1-9-5-4-8-12-13(9)10-6-2-3-7-11(10)14-12/h2-8,14H,1H3. The van der Waals surface area contributed by atoms with E-state index >= 15 is 0 Å². The molecule has 0 unspecified atom stereocenters. The minimum atomic E-state index is 1.22. The molecule has 0 atom stereocenters. The molecule has 14 heavy (non-hydrogen) atoms. The second-order valence-electron chi connectivity index (χ2n) is 3.67. The molecule has 1 heterocycles. The van der Waals surface area contributed by atoms with Gasteiger partial charge in [-0.05, 0) is 24.6 Å². The lowest BCUT2D eigenvalue weighted by Gasteiger charge is -1.95. The van der Waals surface area contributed by atoms with Gasteiger partial charge in [-0.25, -0.2) is 0 Å². The van der Waals surface area contributed by atoms with Crippen LogP contribution < -0.4 is 0 Å². The minimum absolute atomic E-state index is 1.22. The van der Waals surface area contributed by atoms with Crippen LogP contribution in [-0.4, -0.2) is 4.98 Å². The summed E-state index contributed by atoms with van der Waals surface area (Å²) in [5.41, 5.74) is 3.78. The zero-order chi connectivity index (χ0) is 9.54. The summed E-state index contributed by atoms with van der Waals surface area (Å²) in [7, 11) is 0. The molecule has 0 radical (unpaired) electrons. The first-order valence-electron chi connectivity index (χ1n) is 4.82. The Labute approximate surface area is 82.4 Å². The SMILES string of the molecule is Cc1cccc2[nH]c3ccccc3c12. The Kier molecular flexibility index (Phi) is 1.42. The molecule has 0 aliphatic heterocycles. The second kappa shape index (κ2) is 2.61. The molecule has 1 heteroatoms. The fourth-order valence-electron chi connectivity index (χ4n) is 2.08. The van der Waals surface area contributed by atoms with Crippen molar-refractivity contribution < 1.29 is 0 Å². The summed E-state index contributed by atoms with van der Waals surface area (Å²) in [6.07, 6.45) is 0. The van der Waals surface area contributed by atoms with Crippen molar-refractivity contribution in [2.75, 3.05) is 0 Å². The van der Waals surface area contributed by atoms with Gasteiger partial charge in [-0.15, -0.1) is 0 Å². The van der Waals surface area contributed by atoms with Crippen LogP contribution in [0.25, 0.3) is 21.8 Å². The van der Waals surface area contributed by atoms with E-state index < -0.39 is 0 Å². The fraction of sp³-hybridized carbons (Fsp3) is 0.0769. The van der Waals surface area contributed by atoms with E-state index in [0.29, 0.717) is 0 Å². The third-order valence-corrected chi connectivity index (χ3v) is 2.74. The van der Waals surface area contributed by atoms with Crippen molar-refractivity contribution in [2.24, 2.45) is 0 Å². The van der Waals surface area contributed by atoms with Gasteiger partial charge in [-0.2, -0.15) is 0 Å². The van der Waals surface area contributed by atoms with Crippen LogP contribution in [0.2, 0.25) is 0 Å². The molecule has 0 aliphatic carbocycles. The van der Waals surface area contributed by atoms with E-state index in [1.54, 1.807) is 0 Å². The number of aromatic amines is 1. The molecule has 0 fully saturated rings. The van der Waals surface area contributed by atoms with Crippen LogP contribution in [0.5, 0.6) is 0 Å². The molecule has 0 bridgehead atoms. The van der Waals surface area contributed by atoms with Crippen LogP contribution in [-0.2, 0) is 0 Å². The van der Waals surface area contributed by atoms with Gasteiger partial charge in [0.15, 0.2) is 0 Å². The lowest BCUT2D eigenvalue weighted by molar-refractivity contribution is 1.51. The van der Waals surface area contributed by atoms with Gasteiger partial charge in [-0.3, -0.25) is 0 Å². The number of hydrogen-bond donors (Lipinski definition) is 1. The average Bonchev–Trinajstić information content (AvgIpc) is 2.57. The predicted octanol–water partition coefficient (Wildman–Crippen LogP) is 3.63. The first-order valence-corrected chi connectivity index (χ1v) is 4.82. The highest BCUT2D eigenvalue weighted by molar-refractivity contribution is 6.08. The van der Waals surface area contributed by atoms with E-state index in [9.17, 15) is 0 Å². The summed E-state index contributed by atoms with van der Waals surface area (Å²) in [4.78, 5) is 3.42. The topological polar surface area (TPSA) is 15.8 Å². The second-order valence-corrected chi connectivity index (χ2v) is 3.67. The van der Waals surface area contributed by atoms with Gasteiger partial charge in [-0.1, -0.05) is 30.3 Å². The number of nitrogens with one attached hydrogen (secondary N) is 1. The highest BCUT2D eigenvalue weighted by atomic mass is 14.7. The normalized spacial score (nSPS) is 11.2. The Morgan fingerprint density at radius 2 is 1.64 bits per heavy atom. The van der Waals surface area contributed by atoms with Crippen molar-refractivity contribution in [2.45, 2.75) is 6.92 Å². The molecular weight excluding hydrogens is 170 g/mol. The van der Waals surface area contributed by atoms with Crippen molar-refractivity contribution >= 4 is 21.8 Å². The van der Waals surface area contributed by atoms with Gasteiger partial charge in [0.1, 0.15) is 0 Å². The van der Waals surface area contributed by atoms with Crippen molar-refractivity contribution in [1.29, 1.82) is 0 Å². The first-order chi connectivity index (χ1) is 6.86. The van der Waals surface area contributed by atoms with E-state index in [-0.39, 0.29) is 0 Å². The van der Waals surface area contributed by atoms with Gasteiger partial charge in [0.2, 0.25) is 0 Å². The molecule has 0 amide bonds. The monoisotopic (exact) mass is 181 g/mol. The number of aromatic nitrogens is 1. The summed E-state index contributed by atoms with van der Waals surface area (Å²) < 4.78 is 0. The zero-order valence-electron chi connectivity index (χ0n) is 8.04. The number of para-hydroxylation sites is 1. The summed E-state index contributed by atoms with van der Waals surface area (Å²) in [6, 6.07) is 14.8. The molecule has 0 spiro atoms. The predicted molar refractivity (Wildman–Crippen MR) is 60.5 cm³/mol. The average molecular weight is 181 g/mol. The molecule has 1 nitrogen and oxygen atoms in total. The molecule has 68 valence electrons. The molecule has 3 aromatic rings. The van der Waals surface area contributed by atoms with Crippen LogP contribution >= 0.6 is 0 Å². The van der Waals surface area contributed by atoms with Crippen LogP contribution in [0.15, 0.2) is 42.5 Å². The Morgan fingerprint density at radius 1 is 0.857 bits per heavy atom. The minimum Gasteiger partial charge on any atom is -0.355 e. The van der Waals surface area contributed by atoms with Crippen LogP contribution in [0.3, 0.4) is 0 Å². The Bertz CT molecular complexity index is 605. The smallest absolute Gasteiger partial charge is 0.0467 e. The molecule has 1 N–H and O–H groups in total. The largest absolute Gasteiger partial charge is 0.355 e. The van der Waals surface area contributed by atoms with Crippen molar-refractivity contribution in [1.82, 2.24) is 4.98 Å². The molecular formula is C13H11N. The molecule has 2 aromatic carbocycles. The number of aryl methyl sites for hydroxylation is 1. The van der Waals surface area contributed by atoms with E-state index in [2.05, 4.69) is 54.4 Å². The molecule has 0 aliphatic rings. The third kappa shape index (κ3) is 0.896. The Balaban J connectivity index is 2.65. The van der Waals surface area contributed by atoms with E-state index in [0.717, 1.165) is 0 Å². The molecule has 0 saturated heterocycles. The maximum Gasteiger partial charge on any atom is 0.0467 e. The van der Waals surface area contributed by atoms with E-state index in [1.807, 2.05) is 0 Å². The number of H-pyrrole nitrogens is 1. The summed E-state index contributed by atoms with van der Waals surface area (Å²) in [6.45, 7) is 2.16. The fourth-order valence-corrected chi connectivity index (χ4v) is 2.08. The first kappa shape index (κ1) is 7.63. The highest BCUT2D eigenvalue weighted by Gasteiger charge is 2.04. The van der Waals surface area contributed by atoms with Gasteiger partial charge in [0.25, 0.3) is 0 Å². The Morgan fingerprint density at radius 3 is 2.57 bits per heavy atom. The van der Waals surface area contributed by atoms with Crippen molar-refractivity contribution in [3.63, 3.8) is 0 Å². The quantitative estimate of drug-likeness (QED) is 0.545. The molecule has 3 rings (SSSR count). The maximum atomic E-state index is 3.42. The lowest BCUT2D eigenvalue weighted by Crippen LogP contribution is -1.72. The summed E-state index contributed by atoms with van der Waals surface area (Å²) in [5.74, 6) is 0. The number of rotatable bonds is 0. The van der Waals surface area contributed by atoms with E-state index in [4.69, 9.17) is 0 Å². The molecule has 1 aromatic heterocycles. The number of hydrogen-bond acceptors (Lipinski definition) is 0. The van der Waals surface area contributed by atoms with Gasteiger partial charge < -0.3 is 4.98 Å². The van der Waals surface area contributed by atoms with Crippen LogP contribution in [0.1, 0.15) is 5.56 Å². The number of fused-ring (bicyclic) bond motifs is 3. The van der Waals surface area contributed by atoms with Crippen LogP contribution in [0, 0.1) is 6.92 Å². The lowest BCUT2D eigenvalue weighted by atomic mass is 10.1. The van der Waals surface area contributed by atoms with Crippen LogP contribution in [0.4, 0.5) is 0 Å². The summed E-state index contributed by atoms with van der Waals surface area (Å²) in [5, 5.41) is 2.67. The van der Waals surface area contributed by atoms with Crippen molar-refractivity contribution in [3.05, 3.63) is 48.0 Å². The van der Waals surface area contributed by atoms with E-state index in [1.165, 1.54) is 27.4 Å². The third-order valence-electron chi connectivity index (χ3n) is 2.74. The zero-order valence-corrected chi connectivity index (χ0v) is 8.04. The molecule has 0 saturated carbocycles. The van der Waals surface area contributed by atoms with Gasteiger partial charge in [0.05, 0.1) is 0 Å². The Hall–Kier alpha value is -1.76. The maximum absolute atomic E-state index is 3.42. The summed E-state index contributed by atoms with van der Waals surface area (Å²) >= 11 is 0. The number of benzene rings is 2. The van der Waals surface area contributed by atoms with Gasteiger partial charge in [0, 0.05) is 21.8 Å². The highest BCUT2D eigenvalue weighted by Crippen LogP contribution is 2.27.